The molecule has 1 aliphatic carbocycles. The van der Waals surface area contributed by atoms with E-state index in [2.05, 4.69) is 10.2 Å². The standard InChI is InChI=1S/C24H28N4O3/c1-27(2)10-4-5-24(30)28(3)18-13-20(14-18)31-23-12-17(11-22-21(23)15-25-26-22)16-6-8-19(29)9-7-16/h4-9,11-12,15,18,20,29H,10,13-14H2,1-3H3,(H,25,26)/b5-4-. The summed E-state index contributed by atoms with van der Waals surface area (Å²) in [5.41, 5.74) is 2.87. The highest BCUT2D eigenvalue weighted by molar-refractivity contribution is 5.90. The van der Waals surface area contributed by atoms with Crippen LogP contribution >= 0.6 is 0 Å². The van der Waals surface area contributed by atoms with Crippen molar-refractivity contribution in [3.63, 3.8) is 0 Å². The van der Waals surface area contributed by atoms with Crippen molar-refractivity contribution in [1.82, 2.24) is 20.0 Å². The number of rotatable bonds is 7. The van der Waals surface area contributed by atoms with Crippen LogP contribution in [-0.2, 0) is 4.79 Å². The van der Waals surface area contributed by atoms with Crippen LogP contribution in [0.15, 0.2) is 54.7 Å². The number of fused-ring (bicyclic) bond motifs is 1. The number of H-pyrrole nitrogens is 1. The average molecular weight is 421 g/mol. The summed E-state index contributed by atoms with van der Waals surface area (Å²) in [6.07, 6.45) is 6.95. The third-order valence-electron chi connectivity index (χ3n) is 5.71. The Morgan fingerprint density at radius 1 is 1.19 bits per heavy atom. The Bertz CT molecular complexity index is 1080. The van der Waals surface area contributed by atoms with Crippen molar-refractivity contribution in [3.05, 3.63) is 54.7 Å². The number of hydrogen-bond acceptors (Lipinski definition) is 5. The zero-order chi connectivity index (χ0) is 22.0. The molecule has 7 nitrogen and oxygen atoms in total. The van der Waals surface area contributed by atoms with Gasteiger partial charge < -0.3 is 19.6 Å². The van der Waals surface area contributed by atoms with E-state index in [0.717, 1.165) is 47.2 Å². The van der Waals surface area contributed by atoms with Gasteiger partial charge in [-0.2, -0.15) is 5.10 Å². The normalized spacial score (nSPS) is 18.5. The molecule has 1 aromatic heterocycles. The monoisotopic (exact) mass is 420 g/mol. The van der Waals surface area contributed by atoms with E-state index < -0.39 is 0 Å². The van der Waals surface area contributed by atoms with Crippen LogP contribution in [0.25, 0.3) is 22.0 Å². The van der Waals surface area contributed by atoms with Crippen LogP contribution in [0.3, 0.4) is 0 Å². The molecule has 1 saturated carbocycles. The minimum absolute atomic E-state index is 0.0249. The molecule has 2 N–H and O–H groups in total. The van der Waals surface area contributed by atoms with Crippen LogP contribution in [0.1, 0.15) is 12.8 Å². The molecule has 0 bridgehead atoms. The topological polar surface area (TPSA) is 81.7 Å². The molecule has 0 radical (unpaired) electrons. The van der Waals surface area contributed by atoms with Crippen LogP contribution in [0.5, 0.6) is 11.5 Å². The van der Waals surface area contributed by atoms with Crippen LogP contribution in [0.2, 0.25) is 0 Å². The lowest BCUT2D eigenvalue weighted by Gasteiger charge is -2.40. The highest BCUT2D eigenvalue weighted by Gasteiger charge is 2.35. The van der Waals surface area contributed by atoms with Gasteiger partial charge in [-0.1, -0.05) is 18.2 Å². The first-order valence-corrected chi connectivity index (χ1v) is 10.4. The molecule has 3 aromatic rings. The molecule has 4 rings (SSSR count). The Kier molecular flexibility index (Phi) is 5.95. The number of ether oxygens (including phenoxy) is 1. The minimum atomic E-state index is 0.0249. The summed E-state index contributed by atoms with van der Waals surface area (Å²) < 4.78 is 6.31. The fourth-order valence-corrected chi connectivity index (χ4v) is 3.73. The highest BCUT2D eigenvalue weighted by atomic mass is 16.5. The highest BCUT2D eigenvalue weighted by Crippen LogP contribution is 2.36. The molecular weight excluding hydrogens is 392 g/mol. The molecule has 2 aromatic carbocycles. The van der Waals surface area contributed by atoms with E-state index in [9.17, 15) is 9.90 Å². The lowest BCUT2D eigenvalue weighted by Crippen LogP contribution is -2.49. The summed E-state index contributed by atoms with van der Waals surface area (Å²) in [6.45, 7) is 0.744. The third-order valence-corrected chi connectivity index (χ3v) is 5.71. The van der Waals surface area contributed by atoms with Crippen molar-refractivity contribution in [2.24, 2.45) is 0 Å². The number of carbonyl (C=O) groups excluding carboxylic acids is 1. The molecule has 0 atom stereocenters. The lowest BCUT2D eigenvalue weighted by molar-refractivity contribution is -0.130. The summed E-state index contributed by atoms with van der Waals surface area (Å²) >= 11 is 0. The van der Waals surface area contributed by atoms with Crippen LogP contribution in [0, 0.1) is 0 Å². The van der Waals surface area contributed by atoms with Gasteiger partial charge in [-0.3, -0.25) is 9.89 Å². The quantitative estimate of drug-likeness (QED) is 0.573. The summed E-state index contributed by atoms with van der Waals surface area (Å²) in [5.74, 6) is 1.04. The van der Waals surface area contributed by atoms with E-state index in [1.807, 2.05) is 56.4 Å². The number of likely N-dealkylation sites (N-methyl/N-ethyl adjacent to an activating group) is 2. The zero-order valence-electron chi connectivity index (χ0n) is 18.1. The number of aromatic hydroxyl groups is 1. The van der Waals surface area contributed by atoms with E-state index in [1.165, 1.54) is 0 Å². The number of carbonyl (C=O) groups is 1. The number of hydrogen-bond donors (Lipinski definition) is 2. The Balaban J connectivity index is 1.43. The molecule has 1 fully saturated rings. The molecule has 0 spiro atoms. The molecule has 1 heterocycles. The van der Waals surface area contributed by atoms with Crippen molar-refractivity contribution < 1.29 is 14.6 Å². The number of phenols is 1. The predicted molar refractivity (Wildman–Crippen MR) is 121 cm³/mol. The maximum atomic E-state index is 12.3. The van der Waals surface area contributed by atoms with Crippen LogP contribution < -0.4 is 4.74 Å². The molecule has 0 unspecified atom stereocenters. The molecule has 0 saturated heterocycles. The van der Waals surface area contributed by atoms with Gasteiger partial charge in [0.1, 0.15) is 17.6 Å². The number of phenolic OH excluding ortho intramolecular Hbond substituents is 1. The molecule has 162 valence electrons. The fourth-order valence-electron chi connectivity index (χ4n) is 3.73. The first kappa shape index (κ1) is 20.9. The first-order chi connectivity index (χ1) is 14.9. The molecule has 0 aliphatic heterocycles. The summed E-state index contributed by atoms with van der Waals surface area (Å²) in [5, 5.41) is 17.7. The number of nitrogens with one attached hydrogen (secondary N) is 1. The Morgan fingerprint density at radius 3 is 2.65 bits per heavy atom. The maximum Gasteiger partial charge on any atom is 0.246 e. The second-order valence-electron chi connectivity index (χ2n) is 8.33. The van der Waals surface area contributed by atoms with Gasteiger partial charge in [0.25, 0.3) is 0 Å². The third kappa shape index (κ3) is 4.72. The number of benzene rings is 2. The average Bonchev–Trinajstić information content (AvgIpc) is 3.18. The first-order valence-electron chi connectivity index (χ1n) is 10.4. The molecule has 31 heavy (non-hydrogen) atoms. The number of amides is 1. The van der Waals surface area contributed by atoms with Crippen molar-refractivity contribution in [2.45, 2.75) is 25.0 Å². The van der Waals surface area contributed by atoms with Crippen molar-refractivity contribution >= 4 is 16.8 Å². The van der Waals surface area contributed by atoms with Gasteiger partial charge in [0.05, 0.1) is 17.1 Å². The van der Waals surface area contributed by atoms with Gasteiger partial charge >= 0.3 is 0 Å². The molecule has 7 heteroatoms. The van der Waals surface area contributed by atoms with Crippen molar-refractivity contribution in [1.29, 1.82) is 0 Å². The Morgan fingerprint density at radius 2 is 1.94 bits per heavy atom. The maximum absolute atomic E-state index is 12.3. The van der Waals surface area contributed by atoms with Gasteiger partial charge in [0, 0.05) is 38.6 Å². The largest absolute Gasteiger partial charge is 0.508 e. The number of nitrogens with zero attached hydrogens (tertiary/aromatic N) is 3. The Hall–Kier alpha value is -3.32. The summed E-state index contributed by atoms with van der Waals surface area (Å²) in [7, 11) is 5.79. The molecule has 1 amide bonds. The van der Waals surface area contributed by atoms with E-state index in [0.29, 0.717) is 0 Å². The minimum Gasteiger partial charge on any atom is -0.508 e. The van der Waals surface area contributed by atoms with E-state index in [-0.39, 0.29) is 23.8 Å². The zero-order valence-corrected chi connectivity index (χ0v) is 18.1. The molecular formula is C24H28N4O3. The van der Waals surface area contributed by atoms with Crippen LogP contribution in [-0.4, -0.2) is 70.8 Å². The summed E-state index contributed by atoms with van der Waals surface area (Å²) in [6, 6.07) is 11.3. The van der Waals surface area contributed by atoms with Gasteiger partial charge in [-0.05, 0) is 49.5 Å². The van der Waals surface area contributed by atoms with Crippen molar-refractivity contribution in [2.75, 3.05) is 27.7 Å². The van der Waals surface area contributed by atoms with E-state index in [1.54, 1.807) is 29.3 Å². The van der Waals surface area contributed by atoms with Gasteiger partial charge in [-0.25, -0.2) is 0 Å². The van der Waals surface area contributed by atoms with Gasteiger partial charge in [0.15, 0.2) is 0 Å². The number of aromatic nitrogens is 2. The second-order valence-corrected chi connectivity index (χ2v) is 8.33. The van der Waals surface area contributed by atoms with Crippen LogP contribution in [0.4, 0.5) is 0 Å². The van der Waals surface area contributed by atoms with Gasteiger partial charge in [0.2, 0.25) is 5.91 Å². The molecule has 1 aliphatic rings. The fraction of sp³-hybridized carbons (Fsp3) is 0.333. The second kappa shape index (κ2) is 8.81. The smallest absolute Gasteiger partial charge is 0.246 e. The number of aromatic amines is 1. The van der Waals surface area contributed by atoms with Gasteiger partial charge in [-0.15, -0.1) is 0 Å². The van der Waals surface area contributed by atoms with E-state index in [4.69, 9.17) is 4.74 Å². The predicted octanol–water partition coefficient (Wildman–Crippen LogP) is 3.42. The van der Waals surface area contributed by atoms with Crippen molar-refractivity contribution in [3.8, 4) is 22.6 Å². The SMILES string of the molecule is CN(C)C/C=C\C(=O)N(C)C1CC(Oc2cc(-c3ccc(O)cc3)cc3[nH]ncc23)C1. The lowest BCUT2D eigenvalue weighted by atomic mass is 9.88. The van der Waals surface area contributed by atoms with E-state index >= 15 is 0 Å². The Labute approximate surface area is 181 Å². The summed E-state index contributed by atoms with van der Waals surface area (Å²) in [4.78, 5) is 16.2.